The van der Waals surface area contributed by atoms with Crippen molar-refractivity contribution in [3.8, 4) is 11.8 Å². The van der Waals surface area contributed by atoms with Gasteiger partial charge in [-0.25, -0.2) is 0 Å². The van der Waals surface area contributed by atoms with Crippen LogP contribution in [0.2, 0.25) is 0 Å². The van der Waals surface area contributed by atoms with E-state index in [9.17, 15) is 0 Å². The second-order valence-electron chi connectivity index (χ2n) is 4.82. The predicted octanol–water partition coefficient (Wildman–Crippen LogP) is 3.58. The molecule has 0 unspecified atom stereocenters. The molecule has 1 aromatic carbocycles. The van der Waals surface area contributed by atoms with Crippen molar-refractivity contribution in [2.45, 2.75) is 26.7 Å². The molecule has 0 N–H and O–H groups in total. The molecule has 0 saturated carbocycles. The predicted molar refractivity (Wildman–Crippen MR) is 78.7 cm³/mol. The molecule has 0 saturated heterocycles. The largest absolute Gasteiger partial charge is 0.493 e. The molecule has 102 valence electrons. The van der Waals surface area contributed by atoms with E-state index in [0.29, 0.717) is 12.2 Å². The van der Waals surface area contributed by atoms with Gasteiger partial charge in [0.25, 0.3) is 0 Å². The van der Waals surface area contributed by atoms with Gasteiger partial charge >= 0.3 is 0 Å². The van der Waals surface area contributed by atoms with E-state index in [-0.39, 0.29) is 0 Å². The summed E-state index contributed by atoms with van der Waals surface area (Å²) in [6, 6.07) is 11.8. The first kappa shape index (κ1) is 14.1. The summed E-state index contributed by atoms with van der Waals surface area (Å²) in [7, 11) is 0. The molecule has 0 aliphatic heterocycles. The van der Waals surface area contributed by atoms with Crippen LogP contribution >= 0.6 is 0 Å². The van der Waals surface area contributed by atoms with Crippen LogP contribution in [0.15, 0.2) is 36.5 Å². The first-order valence-corrected chi connectivity index (χ1v) is 6.75. The number of aromatic nitrogens is 1. The molecule has 0 bridgehead atoms. The Kier molecular flexibility index (Phi) is 4.73. The Bertz CT molecular complexity index is 592. The van der Waals surface area contributed by atoms with Gasteiger partial charge in [-0.05, 0) is 62.1 Å². The monoisotopic (exact) mass is 266 g/mol. The van der Waals surface area contributed by atoms with Gasteiger partial charge in [0.15, 0.2) is 0 Å². The van der Waals surface area contributed by atoms with Crippen molar-refractivity contribution >= 4 is 0 Å². The maximum Gasteiger partial charge on any atom is 0.125 e. The van der Waals surface area contributed by atoms with Crippen LogP contribution < -0.4 is 4.74 Å². The van der Waals surface area contributed by atoms with Crippen LogP contribution in [0.25, 0.3) is 0 Å². The summed E-state index contributed by atoms with van der Waals surface area (Å²) < 4.78 is 5.85. The summed E-state index contributed by atoms with van der Waals surface area (Å²) in [6.45, 7) is 4.61. The minimum atomic E-state index is 0.657. The van der Waals surface area contributed by atoms with Crippen LogP contribution in [-0.2, 0) is 6.42 Å². The summed E-state index contributed by atoms with van der Waals surface area (Å²) >= 11 is 0. The fraction of sp³-hybridized carbons (Fsp3) is 0.294. The van der Waals surface area contributed by atoms with E-state index in [2.05, 4.69) is 11.1 Å². The first-order valence-electron chi connectivity index (χ1n) is 6.75. The molecule has 0 atom stereocenters. The highest BCUT2D eigenvalue weighted by atomic mass is 16.5. The molecular weight excluding hydrogens is 248 g/mol. The maximum absolute atomic E-state index is 8.92. The summed E-state index contributed by atoms with van der Waals surface area (Å²) in [6.07, 6.45) is 3.65. The number of ether oxygens (including phenoxy) is 1. The number of hydrogen-bond donors (Lipinski definition) is 0. The number of nitriles is 1. The van der Waals surface area contributed by atoms with Crippen LogP contribution in [-0.4, -0.2) is 11.6 Å². The molecule has 3 nitrogen and oxygen atoms in total. The number of benzene rings is 1. The van der Waals surface area contributed by atoms with Gasteiger partial charge in [-0.2, -0.15) is 5.26 Å². The van der Waals surface area contributed by atoms with Gasteiger partial charge in [-0.15, -0.1) is 0 Å². The SMILES string of the molecule is Cc1cc(C#N)cc(C)c1OCCCc1ccccn1. The van der Waals surface area contributed by atoms with Crippen molar-refractivity contribution in [2.75, 3.05) is 6.61 Å². The van der Waals surface area contributed by atoms with E-state index in [0.717, 1.165) is 35.4 Å². The van der Waals surface area contributed by atoms with Crippen molar-refractivity contribution in [2.24, 2.45) is 0 Å². The Morgan fingerprint density at radius 3 is 2.55 bits per heavy atom. The summed E-state index contributed by atoms with van der Waals surface area (Å²) in [4.78, 5) is 4.29. The van der Waals surface area contributed by atoms with E-state index in [4.69, 9.17) is 10.00 Å². The fourth-order valence-corrected chi connectivity index (χ4v) is 2.22. The number of pyridine rings is 1. The lowest BCUT2D eigenvalue weighted by Gasteiger charge is -2.12. The second kappa shape index (κ2) is 6.72. The molecule has 2 aromatic rings. The average Bonchev–Trinajstić information content (AvgIpc) is 2.46. The molecule has 2 rings (SSSR count). The van der Waals surface area contributed by atoms with Crippen LogP contribution in [0.4, 0.5) is 0 Å². The molecule has 0 fully saturated rings. The third-order valence-electron chi connectivity index (χ3n) is 3.14. The Morgan fingerprint density at radius 2 is 1.95 bits per heavy atom. The van der Waals surface area contributed by atoms with E-state index in [1.54, 1.807) is 0 Å². The van der Waals surface area contributed by atoms with Gasteiger partial charge in [0, 0.05) is 11.9 Å². The van der Waals surface area contributed by atoms with Crippen molar-refractivity contribution < 1.29 is 4.74 Å². The van der Waals surface area contributed by atoms with Crippen LogP contribution in [0.1, 0.15) is 28.8 Å². The second-order valence-corrected chi connectivity index (χ2v) is 4.82. The van der Waals surface area contributed by atoms with E-state index in [1.165, 1.54) is 0 Å². The zero-order valence-electron chi connectivity index (χ0n) is 11.9. The lowest BCUT2D eigenvalue weighted by Crippen LogP contribution is -2.03. The highest BCUT2D eigenvalue weighted by Gasteiger charge is 2.06. The van der Waals surface area contributed by atoms with Gasteiger partial charge in [0.05, 0.1) is 18.2 Å². The Labute approximate surface area is 119 Å². The normalized spacial score (nSPS) is 10.1. The number of hydrogen-bond acceptors (Lipinski definition) is 3. The van der Waals surface area contributed by atoms with E-state index >= 15 is 0 Å². The standard InChI is InChI=1S/C17H18N2O/c1-13-10-15(12-18)11-14(2)17(13)20-9-5-7-16-6-3-4-8-19-16/h3-4,6,8,10-11H,5,7,9H2,1-2H3. The zero-order valence-corrected chi connectivity index (χ0v) is 11.9. The lowest BCUT2D eigenvalue weighted by atomic mass is 10.1. The number of rotatable bonds is 5. The van der Waals surface area contributed by atoms with Gasteiger partial charge < -0.3 is 4.74 Å². The minimum Gasteiger partial charge on any atom is -0.493 e. The van der Waals surface area contributed by atoms with Crippen molar-refractivity contribution in [3.05, 3.63) is 58.9 Å². The first-order chi connectivity index (χ1) is 9.70. The number of aryl methyl sites for hydroxylation is 3. The third-order valence-corrected chi connectivity index (χ3v) is 3.14. The third kappa shape index (κ3) is 3.58. The molecule has 0 aliphatic rings. The quantitative estimate of drug-likeness (QED) is 0.777. The van der Waals surface area contributed by atoms with E-state index in [1.807, 2.05) is 50.4 Å². The molecule has 0 amide bonds. The highest BCUT2D eigenvalue weighted by Crippen LogP contribution is 2.24. The van der Waals surface area contributed by atoms with E-state index < -0.39 is 0 Å². The molecule has 0 aliphatic carbocycles. The summed E-state index contributed by atoms with van der Waals surface area (Å²) in [5, 5.41) is 8.92. The fourth-order valence-electron chi connectivity index (χ4n) is 2.22. The van der Waals surface area contributed by atoms with Gasteiger partial charge in [-0.3, -0.25) is 4.98 Å². The Balaban J connectivity index is 1.90. The molecular formula is C17H18N2O. The summed E-state index contributed by atoms with van der Waals surface area (Å²) in [5.74, 6) is 0.894. The van der Waals surface area contributed by atoms with Crippen molar-refractivity contribution in [1.82, 2.24) is 4.98 Å². The Hall–Kier alpha value is -2.34. The minimum absolute atomic E-state index is 0.657. The molecule has 3 heteroatoms. The topological polar surface area (TPSA) is 45.9 Å². The zero-order chi connectivity index (χ0) is 14.4. The Morgan fingerprint density at radius 1 is 1.20 bits per heavy atom. The molecule has 0 radical (unpaired) electrons. The lowest BCUT2D eigenvalue weighted by molar-refractivity contribution is 0.306. The van der Waals surface area contributed by atoms with Crippen LogP contribution in [0, 0.1) is 25.2 Å². The average molecular weight is 266 g/mol. The molecule has 0 spiro atoms. The smallest absolute Gasteiger partial charge is 0.125 e. The van der Waals surface area contributed by atoms with Gasteiger partial charge in [-0.1, -0.05) is 6.07 Å². The van der Waals surface area contributed by atoms with Gasteiger partial charge in [0.2, 0.25) is 0 Å². The maximum atomic E-state index is 8.92. The summed E-state index contributed by atoms with van der Waals surface area (Å²) in [5.41, 5.74) is 3.80. The molecule has 1 heterocycles. The van der Waals surface area contributed by atoms with Crippen molar-refractivity contribution in [3.63, 3.8) is 0 Å². The van der Waals surface area contributed by atoms with Gasteiger partial charge in [0.1, 0.15) is 5.75 Å². The molecule has 1 aromatic heterocycles. The molecule has 20 heavy (non-hydrogen) atoms. The van der Waals surface area contributed by atoms with Crippen molar-refractivity contribution in [1.29, 1.82) is 5.26 Å². The number of nitrogens with zero attached hydrogens (tertiary/aromatic N) is 2. The highest BCUT2D eigenvalue weighted by molar-refractivity contribution is 5.47. The van der Waals surface area contributed by atoms with Crippen LogP contribution in [0.5, 0.6) is 5.75 Å². The van der Waals surface area contributed by atoms with Crippen LogP contribution in [0.3, 0.4) is 0 Å².